The zero-order chi connectivity index (χ0) is 26.7. The molecule has 3 aromatic heterocycles. The van der Waals surface area contributed by atoms with Gasteiger partial charge < -0.3 is 9.55 Å². The van der Waals surface area contributed by atoms with Crippen molar-refractivity contribution in [2.24, 2.45) is 7.05 Å². The molecule has 1 saturated heterocycles. The number of pyridine rings is 1. The molecular formula is C27H28F4N6O. The summed E-state index contributed by atoms with van der Waals surface area (Å²) < 4.78 is 59.4. The Kier molecular flexibility index (Phi) is 5.93. The minimum atomic E-state index is -4.67. The summed E-state index contributed by atoms with van der Waals surface area (Å²) >= 11 is 0. The lowest BCUT2D eigenvalue weighted by Gasteiger charge is -2.41. The van der Waals surface area contributed by atoms with Crippen molar-refractivity contribution in [1.82, 2.24) is 29.2 Å². The summed E-state index contributed by atoms with van der Waals surface area (Å²) in [7, 11) is 1.87. The van der Waals surface area contributed by atoms with E-state index in [2.05, 4.69) is 15.2 Å². The van der Waals surface area contributed by atoms with E-state index >= 15 is 0 Å². The van der Waals surface area contributed by atoms with E-state index in [1.54, 1.807) is 24.5 Å². The number of aromatic nitrogens is 5. The molecule has 0 radical (unpaired) electrons. The fourth-order valence-corrected chi connectivity index (χ4v) is 6.00. The Hall–Kier alpha value is -3.47. The van der Waals surface area contributed by atoms with Gasteiger partial charge in [0.25, 0.3) is 5.56 Å². The maximum Gasteiger partial charge on any atom is 0.418 e. The van der Waals surface area contributed by atoms with Gasteiger partial charge in [0, 0.05) is 43.1 Å². The summed E-state index contributed by atoms with van der Waals surface area (Å²) in [5.74, 6) is 0.793. The van der Waals surface area contributed by atoms with Crippen molar-refractivity contribution in [2.45, 2.75) is 56.4 Å². The van der Waals surface area contributed by atoms with Crippen molar-refractivity contribution >= 4 is 10.9 Å². The Morgan fingerprint density at radius 1 is 1.18 bits per heavy atom. The minimum absolute atomic E-state index is 0.110. The molecule has 1 unspecified atom stereocenters. The summed E-state index contributed by atoms with van der Waals surface area (Å²) in [4.78, 5) is 18.3. The van der Waals surface area contributed by atoms with Crippen molar-refractivity contribution in [1.29, 1.82) is 0 Å². The zero-order valence-electron chi connectivity index (χ0n) is 20.9. The van der Waals surface area contributed by atoms with Crippen LogP contribution in [-0.4, -0.2) is 48.5 Å². The molecule has 0 spiro atoms. The van der Waals surface area contributed by atoms with Gasteiger partial charge in [0.2, 0.25) is 0 Å². The van der Waals surface area contributed by atoms with E-state index in [-0.39, 0.29) is 24.0 Å². The van der Waals surface area contributed by atoms with Gasteiger partial charge in [-0.15, -0.1) is 10.2 Å². The lowest BCUT2D eigenvalue weighted by Crippen LogP contribution is -2.38. The lowest BCUT2D eigenvalue weighted by molar-refractivity contribution is -0.136. The first-order valence-electron chi connectivity index (χ1n) is 12.8. The number of hydrogen-bond acceptors (Lipinski definition) is 4. The monoisotopic (exact) mass is 528 g/mol. The topological polar surface area (TPSA) is 71.7 Å². The van der Waals surface area contributed by atoms with Crippen LogP contribution in [0.5, 0.6) is 0 Å². The van der Waals surface area contributed by atoms with E-state index in [1.807, 2.05) is 22.6 Å². The van der Waals surface area contributed by atoms with Gasteiger partial charge in [-0.2, -0.15) is 13.2 Å². The molecule has 1 N–H and O–H groups in total. The first kappa shape index (κ1) is 24.8. The highest BCUT2D eigenvalue weighted by Crippen LogP contribution is 2.48. The quantitative estimate of drug-likeness (QED) is 0.375. The van der Waals surface area contributed by atoms with Crippen LogP contribution in [0.15, 0.2) is 47.7 Å². The lowest BCUT2D eigenvalue weighted by atomic mass is 9.63. The van der Waals surface area contributed by atoms with Gasteiger partial charge in [-0.05, 0) is 56.0 Å². The molecule has 4 heterocycles. The van der Waals surface area contributed by atoms with Crippen LogP contribution in [-0.2, 0) is 25.2 Å². The van der Waals surface area contributed by atoms with Crippen LogP contribution in [0.1, 0.15) is 54.7 Å². The average molecular weight is 529 g/mol. The maximum atomic E-state index is 14.2. The Bertz CT molecular complexity index is 1550. The summed E-state index contributed by atoms with van der Waals surface area (Å²) in [5, 5.41) is 8.15. The van der Waals surface area contributed by atoms with Gasteiger partial charge in [-0.3, -0.25) is 14.3 Å². The first-order chi connectivity index (χ1) is 18.2. The highest BCUT2D eigenvalue weighted by atomic mass is 19.4. The van der Waals surface area contributed by atoms with Gasteiger partial charge in [0.15, 0.2) is 0 Å². The van der Waals surface area contributed by atoms with Gasteiger partial charge in [0.1, 0.15) is 23.8 Å². The molecule has 1 aromatic carbocycles. The fourth-order valence-electron chi connectivity index (χ4n) is 6.00. The molecule has 200 valence electrons. The number of aromatic amines is 1. The van der Waals surface area contributed by atoms with Gasteiger partial charge in [-0.25, -0.2) is 4.39 Å². The van der Waals surface area contributed by atoms with Crippen LogP contribution in [0.4, 0.5) is 17.6 Å². The molecule has 4 aromatic rings. The number of piperidine rings is 1. The number of fused-ring (bicyclic) bond motifs is 1. The number of halogens is 4. The molecule has 0 bridgehead atoms. The summed E-state index contributed by atoms with van der Waals surface area (Å²) in [6.07, 6.45) is 0.729. The molecule has 11 heteroatoms. The predicted octanol–water partition coefficient (Wildman–Crippen LogP) is 4.87. The highest BCUT2D eigenvalue weighted by Gasteiger charge is 2.44. The van der Waals surface area contributed by atoms with Crippen molar-refractivity contribution in [3.05, 3.63) is 75.9 Å². The molecule has 38 heavy (non-hydrogen) atoms. The molecular weight excluding hydrogens is 500 g/mol. The largest absolute Gasteiger partial charge is 0.418 e. The minimum Gasteiger partial charge on any atom is -0.353 e. The Balaban J connectivity index is 1.45. The fraction of sp³-hybridized carbons (Fsp3) is 0.444. The summed E-state index contributed by atoms with van der Waals surface area (Å²) in [5.41, 5.74) is -0.283. The molecule has 1 aliphatic heterocycles. The Labute approximate surface area is 216 Å². The number of alkyl halides is 4. The number of aryl methyl sites for hydroxylation is 1. The van der Waals surface area contributed by atoms with Crippen molar-refractivity contribution in [3.8, 4) is 5.69 Å². The second kappa shape index (κ2) is 9.07. The molecule has 2 fully saturated rings. The Morgan fingerprint density at radius 3 is 2.66 bits per heavy atom. The normalized spacial score (nSPS) is 20.1. The number of likely N-dealkylation sites (tertiary alicyclic amines) is 1. The van der Waals surface area contributed by atoms with E-state index in [4.69, 9.17) is 0 Å². The van der Waals surface area contributed by atoms with Crippen LogP contribution in [0.25, 0.3) is 16.6 Å². The van der Waals surface area contributed by atoms with E-state index < -0.39 is 28.9 Å². The van der Waals surface area contributed by atoms with Crippen molar-refractivity contribution in [2.75, 3.05) is 13.1 Å². The number of nitrogens with zero attached hydrogens (tertiary/aromatic N) is 5. The average Bonchev–Trinajstić information content (AvgIpc) is 3.45. The molecule has 1 saturated carbocycles. The second-order valence-electron chi connectivity index (χ2n) is 10.5. The van der Waals surface area contributed by atoms with Gasteiger partial charge in [0.05, 0.1) is 11.0 Å². The first-order valence-corrected chi connectivity index (χ1v) is 12.8. The summed E-state index contributed by atoms with van der Waals surface area (Å²) in [6, 6.07) is 8.47. The smallest absolute Gasteiger partial charge is 0.353 e. The third-order valence-electron chi connectivity index (χ3n) is 8.03. The van der Waals surface area contributed by atoms with Crippen LogP contribution in [0.3, 0.4) is 0 Å². The number of nitrogens with one attached hydrogen (secondary N) is 1. The SMILES string of the molecule is Cn1cnnc1C1(c2cccc(-n3cc(C(F)(F)F)c4cc(CN5CCCC(F)C5)[nH]c4c3=O)c2)CCC1. The standard InChI is InChI=1S/C27H28F4N6O/c1-35-16-32-34-25(35)26(8-4-9-26)17-5-2-7-20(11-17)37-15-22(27(29,30)31)21-12-19(33-23(21)24(37)38)14-36-10-3-6-18(28)13-36/h2,5,7,11-12,15-16,18,33H,3-4,6,8-10,13-14H2,1H3. The molecule has 6 rings (SSSR count). The van der Waals surface area contributed by atoms with Crippen LogP contribution in [0, 0.1) is 0 Å². The second-order valence-corrected chi connectivity index (χ2v) is 10.5. The maximum absolute atomic E-state index is 14.2. The molecule has 1 atom stereocenters. The molecule has 1 aliphatic carbocycles. The van der Waals surface area contributed by atoms with Crippen LogP contribution >= 0.6 is 0 Å². The summed E-state index contributed by atoms with van der Waals surface area (Å²) in [6.45, 7) is 1.14. The molecule has 0 amide bonds. The van der Waals surface area contributed by atoms with Crippen LogP contribution < -0.4 is 5.56 Å². The van der Waals surface area contributed by atoms with E-state index in [1.165, 1.54) is 6.07 Å². The number of benzene rings is 1. The van der Waals surface area contributed by atoms with Gasteiger partial charge >= 0.3 is 6.18 Å². The zero-order valence-corrected chi connectivity index (χ0v) is 20.9. The number of rotatable bonds is 5. The van der Waals surface area contributed by atoms with E-state index in [0.717, 1.165) is 41.4 Å². The third-order valence-corrected chi connectivity index (χ3v) is 8.03. The van der Waals surface area contributed by atoms with E-state index in [9.17, 15) is 22.4 Å². The van der Waals surface area contributed by atoms with Crippen molar-refractivity contribution < 1.29 is 17.6 Å². The number of hydrogen-bond donors (Lipinski definition) is 1. The molecule has 2 aliphatic rings. The van der Waals surface area contributed by atoms with Crippen LogP contribution in [0.2, 0.25) is 0 Å². The Morgan fingerprint density at radius 2 is 2.00 bits per heavy atom. The van der Waals surface area contributed by atoms with Gasteiger partial charge in [-0.1, -0.05) is 18.6 Å². The third kappa shape index (κ3) is 4.13. The molecule has 7 nitrogen and oxygen atoms in total. The predicted molar refractivity (Wildman–Crippen MR) is 134 cm³/mol. The highest BCUT2D eigenvalue weighted by molar-refractivity contribution is 5.84. The van der Waals surface area contributed by atoms with Crippen molar-refractivity contribution in [3.63, 3.8) is 0 Å². The van der Waals surface area contributed by atoms with E-state index in [0.29, 0.717) is 30.8 Å². The number of H-pyrrole nitrogens is 1.